The summed E-state index contributed by atoms with van der Waals surface area (Å²) in [5.74, 6) is 1.74. The van der Waals surface area contributed by atoms with E-state index in [1.54, 1.807) is 6.26 Å². The van der Waals surface area contributed by atoms with Crippen LogP contribution in [-0.4, -0.2) is 46.9 Å². The largest absolute Gasteiger partial charge is 0.449 e. The zero-order valence-corrected chi connectivity index (χ0v) is 15.4. The molecule has 0 bridgehead atoms. The van der Waals surface area contributed by atoms with Gasteiger partial charge in [0.1, 0.15) is 6.26 Å². The number of nitrogens with zero attached hydrogens (tertiary/aromatic N) is 3. The smallest absolute Gasteiger partial charge is 0.222 e. The molecule has 2 fully saturated rings. The van der Waals surface area contributed by atoms with Crippen LogP contribution in [0.15, 0.2) is 10.7 Å². The highest BCUT2D eigenvalue weighted by Crippen LogP contribution is 2.39. The summed E-state index contributed by atoms with van der Waals surface area (Å²) < 4.78 is 5.34. The SMILES string of the molecule is Cc1nc(CN2CCC[C@@]3(CCC(=O)N(CCC(C)C)C3)C2)co1. The van der Waals surface area contributed by atoms with Crippen LogP contribution in [0.1, 0.15) is 57.5 Å². The van der Waals surface area contributed by atoms with Crippen LogP contribution in [0.2, 0.25) is 0 Å². The Balaban J connectivity index is 1.62. The van der Waals surface area contributed by atoms with Crippen molar-refractivity contribution in [1.82, 2.24) is 14.8 Å². The highest BCUT2D eigenvalue weighted by Gasteiger charge is 2.41. The first-order valence-corrected chi connectivity index (χ1v) is 9.37. The van der Waals surface area contributed by atoms with Gasteiger partial charge in [0.05, 0.1) is 5.69 Å². The third-order valence-electron chi connectivity index (χ3n) is 5.52. The van der Waals surface area contributed by atoms with E-state index >= 15 is 0 Å². The van der Waals surface area contributed by atoms with Gasteiger partial charge in [0.25, 0.3) is 0 Å². The molecule has 2 saturated heterocycles. The molecule has 1 aromatic rings. The Morgan fingerprint density at radius 3 is 2.88 bits per heavy atom. The predicted octanol–water partition coefficient (Wildman–Crippen LogP) is 3.23. The highest BCUT2D eigenvalue weighted by molar-refractivity contribution is 5.77. The lowest BCUT2D eigenvalue weighted by Crippen LogP contribution is -2.54. The number of carbonyl (C=O) groups excluding carboxylic acids is 1. The van der Waals surface area contributed by atoms with E-state index in [-0.39, 0.29) is 5.41 Å². The number of hydrogen-bond acceptors (Lipinski definition) is 4. The average molecular weight is 333 g/mol. The minimum absolute atomic E-state index is 0.280. The van der Waals surface area contributed by atoms with Crippen LogP contribution < -0.4 is 0 Å². The van der Waals surface area contributed by atoms with E-state index in [0.717, 1.165) is 63.6 Å². The third-order valence-corrected chi connectivity index (χ3v) is 5.52. The normalized spacial score (nSPS) is 25.8. The summed E-state index contributed by atoms with van der Waals surface area (Å²) in [5, 5.41) is 0. The Morgan fingerprint density at radius 2 is 2.17 bits per heavy atom. The van der Waals surface area contributed by atoms with Gasteiger partial charge >= 0.3 is 0 Å². The molecule has 0 radical (unpaired) electrons. The molecule has 0 N–H and O–H groups in total. The quantitative estimate of drug-likeness (QED) is 0.830. The van der Waals surface area contributed by atoms with Crippen molar-refractivity contribution in [3.8, 4) is 0 Å². The summed E-state index contributed by atoms with van der Waals surface area (Å²) >= 11 is 0. The number of hydrogen-bond donors (Lipinski definition) is 0. The van der Waals surface area contributed by atoms with Gasteiger partial charge in [-0.3, -0.25) is 9.69 Å². The first-order chi connectivity index (χ1) is 11.5. The van der Waals surface area contributed by atoms with Crippen molar-refractivity contribution in [1.29, 1.82) is 0 Å². The minimum atomic E-state index is 0.280. The number of aryl methyl sites for hydroxylation is 1. The summed E-state index contributed by atoms with van der Waals surface area (Å²) in [6.07, 6.45) is 7.09. The van der Waals surface area contributed by atoms with E-state index < -0.39 is 0 Å². The predicted molar refractivity (Wildman–Crippen MR) is 93.5 cm³/mol. The molecule has 24 heavy (non-hydrogen) atoms. The average Bonchev–Trinajstić information content (AvgIpc) is 2.94. The molecule has 3 rings (SSSR count). The molecule has 5 nitrogen and oxygen atoms in total. The molecule has 0 aliphatic carbocycles. The van der Waals surface area contributed by atoms with Crippen LogP contribution in [0.4, 0.5) is 0 Å². The number of carbonyl (C=O) groups is 1. The van der Waals surface area contributed by atoms with Crippen LogP contribution in [0.25, 0.3) is 0 Å². The molecule has 1 amide bonds. The van der Waals surface area contributed by atoms with Crippen LogP contribution in [0, 0.1) is 18.3 Å². The Kier molecular flexibility index (Phi) is 5.28. The van der Waals surface area contributed by atoms with Crippen molar-refractivity contribution < 1.29 is 9.21 Å². The second kappa shape index (κ2) is 7.26. The molecule has 0 unspecified atom stereocenters. The maximum absolute atomic E-state index is 12.3. The fraction of sp³-hybridized carbons (Fsp3) is 0.789. The molecule has 0 saturated carbocycles. The van der Waals surface area contributed by atoms with Gasteiger partial charge in [0.15, 0.2) is 5.89 Å². The van der Waals surface area contributed by atoms with E-state index in [1.807, 2.05) is 6.92 Å². The molecule has 1 atom stereocenters. The zero-order chi connectivity index (χ0) is 17.2. The second-order valence-electron chi connectivity index (χ2n) is 8.17. The first kappa shape index (κ1) is 17.5. The van der Waals surface area contributed by atoms with Gasteiger partial charge in [-0.05, 0) is 38.1 Å². The molecule has 2 aliphatic rings. The maximum Gasteiger partial charge on any atom is 0.222 e. The number of likely N-dealkylation sites (tertiary alicyclic amines) is 2. The Labute approximate surface area is 145 Å². The van der Waals surface area contributed by atoms with Crippen LogP contribution >= 0.6 is 0 Å². The minimum Gasteiger partial charge on any atom is -0.449 e. The summed E-state index contributed by atoms with van der Waals surface area (Å²) in [4.78, 5) is 21.4. The molecular weight excluding hydrogens is 302 g/mol. The van der Waals surface area contributed by atoms with Crippen molar-refractivity contribution in [2.24, 2.45) is 11.3 Å². The van der Waals surface area contributed by atoms with Crippen molar-refractivity contribution in [2.45, 2.75) is 59.4 Å². The van der Waals surface area contributed by atoms with Gasteiger partial charge in [-0.1, -0.05) is 13.8 Å². The molecule has 5 heteroatoms. The molecular formula is C19H31N3O2. The standard InChI is InChI=1S/C19H31N3O2/c1-15(2)6-10-22-14-19(8-5-18(22)23)7-4-9-21(13-19)11-17-12-24-16(3)20-17/h12,15H,4-11,13-14H2,1-3H3/t19-/m1/s1. The summed E-state index contributed by atoms with van der Waals surface area (Å²) in [6.45, 7) is 11.3. The highest BCUT2D eigenvalue weighted by atomic mass is 16.3. The number of piperidine rings is 2. The van der Waals surface area contributed by atoms with Crippen LogP contribution in [0.5, 0.6) is 0 Å². The van der Waals surface area contributed by atoms with Gasteiger partial charge < -0.3 is 9.32 Å². The second-order valence-corrected chi connectivity index (χ2v) is 8.17. The first-order valence-electron chi connectivity index (χ1n) is 9.37. The van der Waals surface area contributed by atoms with Gasteiger partial charge in [-0.2, -0.15) is 0 Å². The lowest BCUT2D eigenvalue weighted by Gasteiger charge is -2.48. The van der Waals surface area contributed by atoms with Crippen molar-refractivity contribution >= 4 is 5.91 Å². The molecule has 2 aliphatic heterocycles. The molecule has 134 valence electrons. The monoisotopic (exact) mass is 333 g/mol. The number of amides is 1. The maximum atomic E-state index is 12.3. The Morgan fingerprint density at radius 1 is 1.33 bits per heavy atom. The van der Waals surface area contributed by atoms with Crippen LogP contribution in [-0.2, 0) is 11.3 Å². The van der Waals surface area contributed by atoms with Gasteiger partial charge in [0.2, 0.25) is 5.91 Å². The van der Waals surface area contributed by atoms with E-state index in [9.17, 15) is 4.79 Å². The van der Waals surface area contributed by atoms with Crippen LogP contribution in [0.3, 0.4) is 0 Å². The van der Waals surface area contributed by atoms with E-state index in [0.29, 0.717) is 11.8 Å². The van der Waals surface area contributed by atoms with Gasteiger partial charge in [0, 0.05) is 44.9 Å². The fourth-order valence-electron chi connectivity index (χ4n) is 4.21. The van der Waals surface area contributed by atoms with E-state index in [2.05, 4.69) is 28.6 Å². The Hall–Kier alpha value is -1.36. The lowest BCUT2D eigenvalue weighted by atomic mass is 9.73. The zero-order valence-electron chi connectivity index (χ0n) is 15.4. The van der Waals surface area contributed by atoms with Crippen molar-refractivity contribution in [3.05, 3.63) is 17.8 Å². The molecule has 1 aromatic heterocycles. The molecule has 3 heterocycles. The summed E-state index contributed by atoms with van der Waals surface area (Å²) in [7, 11) is 0. The number of rotatable bonds is 5. The fourth-order valence-corrected chi connectivity index (χ4v) is 4.21. The van der Waals surface area contributed by atoms with Crippen molar-refractivity contribution in [3.63, 3.8) is 0 Å². The summed E-state index contributed by atoms with van der Waals surface area (Å²) in [6, 6.07) is 0. The third kappa shape index (κ3) is 4.18. The van der Waals surface area contributed by atoms with Crippen molar-refractivity contribution in [2.75, 3.05) is 26.2 Å². The van der Waals surface area contributed by atoms with Gasteiger partial charge in [-0.25, -0.2) is 4.98 Å². The number of aromatic nitrogens is 1. The molecule has 0 aromatic carbocycles. The lowest BCUT2D eigenvalue weighted by molar-refractivity contribution is -0.139. The van der Waals surface area contributed by atoms with E-state index in [4.69, 9.17) is 4.42 Å². The Bertz CT molecular complexity index is 569. The van der Waals surface area contributed by atoms with E-state index in [1.165, 1.54) is 12.8 Å². The topological polar surface area (TPSA) is 49.6 Å². The molecule has 1 spiro atoms. The summed E-state index contributed by atoms with van der Waals surface area (Å²) in [5.41, 5.74) is 1.30. The van der Waals surface area contributed by atoms with Gasteiger partial charge in [-0.15, -0.1) is 0 Å². The number of oxazole rings is 1.